The minimum Gasteiger partial charge on any atom is -0.258 e. The SMILES string of the molecule is C1=CCCC(C2CC(C3C=CC(c4cccc(-c5ccc6c(c5)-c5cc7c(cc5C65CCCCC5)-c5ccccc5C75CCCCC5)c4)=CC3)=NC(c3ccccc3)=N2)=C1. The normalized spacial score (nSPS) is 22.9. The van der Waals surface area contributed by atoms with Crippen molar-refractivity contribution >= 4 is 17.1 Å². The molecule has 6 aliphatic carbocycles. The molecule has 0 amide bonds. The molecular formula is C58H54N2. The topological polar surface area (TPSA) is 24.7 Å². The van der Waals surface area contributed by atoms with E-state index in [4.69, 9.17) is 9.98 Å². The lowest BCUT2D eigenvalue weighted by molar-refractivity contribution is 0.350. The molecule has 2 nitrogen and oxygen atoms in total. The first-order valence-corrected chi connectivity index (χ1v) is 23.2. The number of allylic oxidation sites excluding steroid dienone is 7. The Balaban J connectivity index is 0.870. The first kappa shape index (κ1) is 36.3. The van der Waals surface area contributed by atoms with E-state index in [0.29, 0.717) is 0 Å². The second-order valence-electron chi connectivity index (χ2n) is 18.8. The minimum absolute atomic E-state index is 0.130. The van der Waals surface area contributed by atoms with Gasteiger partial charge in [0.1, 0.15) is 0 Å². The van der Waals surface area contributed by atoms with Gasteiger partial charge in [0, 0.05) is 34.4 Å². The quantitative estimate of drug-likeness (QED) is 0.170. The molecule has 2 spiro atoms. The van der Waals surface area contributed by atoms with Crippen LogP contribution in [-0.2, 0) is 10.8 Å². The zero-order valence-electron chi connectivity index (χ0n) is 34.8. The van der Waals surface area contributed by atoms with Crippen molar-refractivity contribution in [2.24, 2.45) is 15.9 Å². The predicted molar refractivity (Wildman–Crippen MR) is 251 cm³/mol. The number of hydrogen-bond acceptors (Lipinski definition) is 2. The van der Waals surface area contributed by atoms with Gasteiger partial charge in [-0.1, -0.05) is 160 Å². The Labute approximate surface area is 356 Å². The first-order chi connectivity index (χ1) is 29.7. The van der Waals surface area contributed by atoms with Gasteiger partial charge in [0.25, 0.3) is 0 Å². The van der Waals surface area contributed by atoms with Crippen LogP contribution in [-0.4, -0.2) is 17.6 Å². The van der Waals surface area contributed by atoms with Gasteiger partial charge in [-0.15, -0.1) is 0 Å². The van der Waals surface area contributed by atoms with Crippen molar-refractivity contribution in [1.82, 2.24) is 0 Å². The monoisotopic (exact) mass is 778 g/mol. The van der Waals surface area contributed by atoms with Gasteiger partial charge in [0.2, 0.25) is 0 Å². The van der Waals surface area contributed by atoms with Gasteiger partial charge in [0.15, 0.2) is 5.84 Å². The van der Waals surface area contributed by atoms with Gasteiger partial charge in [-0.25, -0.2) is 4.99 Å². The van der Waals surface area contributed by atoms with E-state index >= 15 is 0 Å². The molecule has 2 atom stereocenters. The summed E-state index contributed by atoms with van der Waals surface area (Å²) in [5.41, 5.74) is 21.8. The molecule has 5 aromatic rings. The Hall–Kier alpha value is -5.60. The van der Waals surface area contributed by atoms with Crippen molar-refractivity contribution in [3.05, 3.63) is 185 Å². The van der Waals surface area contributed by atoms with E-state index < -0.39 is 0 Å². The van der Waals surface area contributed by atoms with Crippen molar-refractivity contribution < 1.29 is 0 Å². The van der Waals surface area contributed by atoms with Crippen LogP contribution in [0.5, 0.6) is 0 Å². The number of nitrogens with zero attached hydrogens (tertiary/aromatic N) is 2. The van der Waals surface area contributed by atoms with Gasteiger partial charge >= 0.3 is 0 Å². The molecule has 60 heavy (non-hydrogen) atoms. The maximum absolute atomic E-state index is 5.24. The van der Waals surface area contributed by atoms with E-state index in [9.17, 15) is 0 Å². The smallest absolute Gasteiger partial charge is 0.155 e. The van der Waals surface area contributed by atoms with Gasteiger partial charge in [-0.3, -0.25) is 4.99 Å². The summed E-state index contributed by atoms with van der Waals surface area (Å²) >= 11 is 0. The molecule has 0 aromatic heterocycles. The molecule has 2 fully saturated rings. The largest absolute Gasteiger partial charge is 0.258 e. The van der Waals surface area contributed by atoms with Crippen LogP contribution < -0.4 is 0 Å². The number of hydrogen-bond donors (Lipinski definition) is 0. The standard InChI is InChI=1S/C58H54N2/c1-5-16-40(17-6-1)54-38-55(60-56(59-54)42-18-7-2-8-19-42)41-26-24-39(25-27-41)43-20-15-21-44(34-43)45-28-29-51-47(35-45)49-37-52-48(36-53(49)58(51)32-13-4-14-33-58)46-22-9-10-23-50(46)57(52)30-11-3-12-31-57/h1-2,5,7-10,15-16,18-26,28-29,34-37,41,54H,3-4,6,11-14,17,27,30-33,38H2. The van der Waals surface area contributed by atoms with Crippen LogP contribution in [0.15, 0.2) is 161 Å². The highest BCUT2D eigenvalue weighted by atomic mass is 15.0. The highest BCUT2D eigenvalue weighted by Gasteiger charge is 2.49. The fourth-order valence-corrected chi connectivity index (χ4v) is 12.6. The summed E-state index contributed by atoms with van der Waals surface area (Å²) in [6.07, 6.45) is 31.1. The van der Waals surface area contributed by atoms with E-state index in [2.05, 4.69) is 146 Å². The maximum atomic E-state index is 5.24. The molecule has 1 heterocycles. The van der Waals surface area contributed by atoms with Gasteiger partial charge in [0.05, 0.1) is 6.04 Å². The predicted octanol–water partition coefficient (Wildman–Crippen LogP) is 14.7. The Morgan fingerprint density at radius 1 is 0.550 bits per heavy atom. The molecule has 7 aliphatic rings. The molecular weight excluding hydrogens is 725 g/mol. The fraction of sp³-hybridized carbons (Fsp3) is 0.310. The first-order valence-electron chi connectivity index (χ1n) is 23.2. The highest BCUT2D eigenvalue weighted by molar-refractivity contribution is 6.10. The summed E-state index contributed by atoms with van der Waals surface area (Å²) in [6, 6.07) is 42.4. The molecule has 2 unspecified atom stereocenters. The third-order valence-electron chi connectivity index (χ3n) is 15.7. The lowest BCUT2D eigenvalue weighted by atomic mass is 9.66. The lowest BCUT2D eigenvalue weighted by Gasteiger charge is -2.37. The summed E-state index contributed by atoms with van der Waals surface area (Å²) in [4.78, 5) is 10.5. The van der Waals surface area contributed by atoms with E-state index in [1.54, 1.807) is 22.3 Å². The van der Waals surface area contributed by atoms with E-state index in [1.807, 2.05) is 0 Å². The average molecular weight is 779 g/mol. The van der Waals surface area contributed by atoms with E-state index in [-0.39, 0.29) is 22.8 Å². The van der Waals surface area contributed by atoms with Crippen molar-refractivity contribution in [2.75, 3.05) is 0 Å². The molecule has 2 saturated carbocycles. The van der Waals surface area contributed by atoms with Gasteiger partial charge in [-0.05, 0) is 142 Å². The van der Waals surface area contributed by atoms with Crippen LogP contribution in [0.3, 0.4) is 0 Å². The zero-order chi connectivity index (χ0) is 39.7. The fourth-order valence-electron chi connectivity index (χ4n) is 12.6. The molecule has 12 rings (SSSR count). The number of benzene rings is 5. The zero-order valence-corrected chi connectivity index (χ0v) is 34.8. The van der Waals surface area contributed by atoms with E-state index in [0.717, 1.165) is 37.1 Å². The average Bonchev–Trinajstić information content (AvgIpc) is 3.73. The van der Waals surface area contributed by atoms with Crippen LogP contribution in [0.2, 0.25) is 0 Å². The second kappa shape index (κ2) is 14.5. The lowest BCUT2D eigenvalue weighted by Crippen LogP contribution is -2.29. The molecule has 1 aliphatic heterocycles. The summed E-state index contributed by atoms with van der Waals surface area (Å²) in [7, 11) is 0. The second-order valence-corrected chi connectivity index (χ2v) is 18.8. The molecule has 5 aromatic carbocycles. The van der Waals surface area contributed by atoms with Crippen LogP contribution in [0.4, 0.5) is 0 Å². The molecule has 0 radical (unpaired) electrons. The minimum atomic E-state index is 0.130. The van der Waals surface area contributed by atoms with Crippen LogP contribution >= 0.6 is 0 Å². The number of aliphatic imine (C=N–C) groups is 2. The maximum Gasteiger partial charge on any atom is 0.155 e. The number of fused-ring (bicyclic) bond motifs is 10. The highest BCUT2D eigenvalue weighted by Crippen LogP contribution is 2.62. The van der Waals surface area contributed by atoms with Crippen molar-refractivity contribution in [1.29, 1.82) is 0 Å². The molecule has 0 bridgehead atoms. The Morgan fingerprint density at radius 3 is 1.95 bits per heavy atom. The summed E-state index contributed by atoms with van der Waals surface area (Å²) in [5, 5.41) is 0. The summed E-state index contributed by atoms with van der Waals surface area (Å²) in [6.45, 7) is 0. The molecule has 2 heteroatoms. The van der Waals surface area contributed by atoms with Crippen LogP contribution in [0.1, 0.15) is 123 Å². The van der Waals surface area contributed by atoms with Gasteiger partial charge in [-0.2, -0.15) is 0 Å². The third kappa shape index (κ3) is 5.81. The molecule has 296 valence electrons. The van der Waals surface area contributed by atoms with Crippen molar-refractivity contribution in [2.45, 2.75) is 107 Å². The van der Waals surface area contributed by atoms with Crippen LogP contribution in [0.25, 0.3) is 39.0 Å². The van der Waals surface area contributed by atoms with Gasteiger partial charge < -0.3 is 0 Å². The van der Waals surface area contributed by atoms with Crippen molar-refractivity contribution in [3.8, 4) is 33.4 Å². The van der Waals surface area contributed by atoms with Crippen molar-refractivity contribution in [3.63, 3.8) is 0 Å². The third-order valence-corrected chi connectivity index (χ3v) is 15.7. The Bertz CT molecular complexity index is 2720. The number of amidine groups is 1. The number of rotatable bonds is 5. The Morgan fingerprint density at radius 2 is 1.22 bits per heavy atom. The summed E-state index contributed by atoms with van der Waals surface area (Å²) < 4.78 is 0. The Kier molecular flexibility index (Phi) is 8.79. The molecule has 0 N–H and O–H groups in total. The van der Waals surface area contributed by atoms with E-state index in [1.165, 1.54) is 120 Å². The summed E-state index contributed by atoms with van der Waals surface area (Å²) in [5.74, 6) is 1.15. The molecule has 0 saturated heterocycles. The van der Waals surface area contributed by atoms with Crippen LogP contribution in [0, 0.1) is 5.92 Å².